The minimum absolute atomic E-state index is 0.107. The third-order valence-corrected chi connectivity index (χ3v) is 7.83. The fourth-order valence-electron chi connectivity index (χ4n) is 5.64. The number of likely N-dealkylation sites (tertiary alicyclic amines) is 1. The molecule has 3 fully saturated rings. The van der Waals surface area contributed by atoms with Gasteiger partial charge in [0.05, 0.1) is 11.8 Å². The molecule has 0 unspecified atom stereocenters. The summed E-state index contributed by atoms with van der Waals surface area (Å²) in [5.74, 6) is -2.87. The van der Waals surface area contributed by atoms with Crippen molar-refractivity contribution in [2.75, 3.05) is 20.2 Å². The van der Waals surface area contributed by atoms with Gasteiger partial charge in [0.1, 0.15) is 12.1 Å². The van der Waals surface area contributed by atoms with Crippen molar-refractivity contribution in [3.8, 4) is 0 Å². The van der Waals surface area contributed by atoms with E-state index in [-0.39, 0.29) is 29.4 Å². The first-order valence-corrected chi connectivity index (χ1v) is 12.2. The lowest BCUT2D eigenvalue weighted by Crippen LogP contribution is -2.55. The Balaban J connectivity index is 1.43. The topological polar surface area (TPSA) is 101 Å². The lowest BCUT2D eigenvalue weighted by molar-refractivity contribution is -0.160. The zero-order valence-corrected chi connectivity index (χ0v) is 20.0. The second-order valence-electron chi connectivity index (χ2n) is 9.34. The fraction of sp³-hybridized carbons (Fsp3) is 0.560. The van der Waals surface area contributed by atoms with Crippen molar-refractivity contribution in [1.29, 1.82) is 0 Å². The van der Waals surface area contributed by atoms with E-state index in [4.69, 9.17) is 16.3 Å². The summed E-state index contributed by atoms with van der Waals surface area (Å²) in [6.07, 6.45) is 5.33. The minimum Gasteiger partial charge on any atom is -0.454 e. The summed E-state index contributed by atoms with van der Waals surface area (Å²) in [5.41, 5.74) is -0.671. The molecule has 1 saturated heterocycles. The Kier molecular flexibility index (Phi) is 7.07. The number of esters is 1. The van der Waals surface area contributed by atoms with Gasteiger partial charge in [-0.15, -0.1) is 0 Å². The highest BCUT2D eigenvalue weighted by Gasteiger charge is 2.50. The van der Waals surface area contributed by atoms with E-state index >= 15 is 0 Å². The number of rotatable bonds is 6. The molecule has 9 heteroatoms. The van der Waals surface area contributed by atoms with Crippen LogP contribution in [0, 0.1) is 11.8 Å². The first kappa shape index (κ1) is 24.4. The van der Waals surface area contributed by atoms with Gasteiger partial charge in [-0.2, -0.15) is 0 Å². The molecule has 8 nitrogen and oxygen atoms in total. The second kappa shape index (κ2) is 9.86. The van der Waals surface area contributed by atoms with Crippen LogP contribution in [0.1, 0.15) is 56.9 Å². The number of halogens is 1. The van der Waals surface area contributed by atoms with Gasteiger partial charge in [0.25, 0.3) is 5.91 Å². The molecule has 1 aliphatic heterocycles. The molecule has 0 bridgehead atoms. The number of hydrogen-bond donors (Lipinski definition) is 0. The first-order chi connectivity index (χ1) is 16.3. The fourth-order valence-corrected chi connectivity index (χ4v) is 5.94. The van der Waals surface area contributed by atoms with Crippen molar-refractivity contribution in [2.45, 2.75) is 56.9 Å². The number of ketones is 1. The maximum atomic E-state index is 13.1. The molecule has 0 aromatic heterocycles. The van der Waals surface area contributed by atoms with Crippen LogP contribution in [0.4, 0.5) is 0 Å². The molecule has 2 aliphatic carbocycles. The van der Waals surface area contributed by atoms with Gasteiger partial charge in [-0.05, 0) is 38.2 Å². The Morgan fingerprint density at radius 1 is 1.06 bits per heavy atom. The number of fused-ring (bicyclic) bond motifs is 1. The van der Waals surface area contributed by atoms with Crippen molar-refractivity contribution in [3.05, 3.63) is 34.9 Å². The van der Waals surface area contributed by atoms with Gasteiger partial charge in [-0.3, -0.25) is 28.9 Å². The molecule has 34 heavy (non-hydrogen) atoms. The quantitative estimate of drug-likeness (QED) is 0.451. The maximum absolute atomic E-state index is 13.1. The number of amides is 3. The Labute approximate surface area is 203 Å². The molecular formula is C25H29ClN2O6. The number of nitrogens with zero attached hydrogens (tertiary/aromatic N) is 2. The molecule has 1 aromatic rings. The van der Waals surface area contributed by atoms with Crippen LogP contribution in [-0.2, 0) is 34.2 Å². The monoisotopic (exact) mass is 488 g/mol. The van der Waals surface area contributed by atoms with Crippen LogP contribution in [0.5, 0.6) is 0 Å². The number of hydrogen-bond acceptors (Lipinski definition) is 6. The highest BCUT2D eigenvalue weighted by molar-refractivity contribution is 6.31. The van der Waals surface area contributed by atoms with Crippen LogP contribution in [0.3, 0.4) is 0 Å². The van der Waals surface area contributed by atoms with Gasteiger partial charge in [-0.1, -0.05) is 42.6 Å². The summed E-state index contributed by atoms with van der Waals surface area (Å²) in [7, 11) is 1.51. The molecule has 0 spiro atoms. The van der Waals surface area contributed by atoms with E-state index in [9.17, 15) is 24.0 Å². The van der Waals surface area contributed by atoms with Gasteiger partial charge in [0, 0.05) is 24.1 Å². The minimum atomic E-state index is -1.23. The van der Waals surface area contributed by atoms with Crippen molar-refractivity contribution < 1.29 is 28.7 Å². The van der Waals surface area contributed by atoms with Crippen LogP contribution >= 0.6 is 11.6 Å². The van der Waals surface area contributed by atoms with E-state index in [1.165, 1.54) is 11.9 Å². The predicted molar refractivity (Wildman–Crippen MR) is 123 cm³/mol. The Morgan fingerprint density at radius 2 is 1.71 bits per heavy atom. The number of ether oxygens (including phenoxy) is 1. The van der Waals surface area contributed by atoms with E-state index in [1.807, 2.05) is 0 Å². The molecule has 3 amide bonds. The Hall–Kier alpha value is -2.74. The van der Waals surface area contributed by atoms with E-state index in [1.54, 1.807) is 24.3 Å². The second-order valence-corrected chi connectivity index (χ2v) is 9.75. The maximum Gasteiger partial charge on any atom is 0.326 e. The molecular weight excluding hydrogens is 460 g/mol. The highest BCUT2D eigenvalue weighted by atomic mass is 35.5. The summed E-state index contributed by atoms with van der Waals surface area (Å²) >= 11 is 6.42. The van der Waals surface area contributed by atoms with E-state index in [2.05, 4.69) is 0 Å². The SMILES string of the molecule is CN(C(=O)COC(=O)CN1C(=O)[C@@H]2CCCC[C@H]2C1=O)[C@@]1(c2ccccc2Cl)CCCCC1=O. The zero-order chi connectivity index (χ0) is 24.5. The smallest absolute Gasteiger partial charge is 0.326 e. The van der Waals surface area contributed by atoms with Crippen LogP contribution in [0.2, 0.25) is 5.02 Å². The van der Waals surface area contributed by atoms with Gasteiger partial charge < -0.3 is 9.64 Å². The van der Waals surface area contributed by atoms with Crippen molar-refractivity contribution in [3.63, 3.8) is 0 Å². The van der Waals surface area contributed by atoms with Gasteiger partial charge in [0.2, 0.25) is 11.8 Å². The van der Waals surface area contributed by atoms with Crippen LogP contribution in [0.25, 0.3) is 0 Å². The molecule has 182 valence electrons. The van der Waals surface area contributed by atoms with Crippen molar-refractivity contribution in [1.82, 2.24) is 9.80 Å². The largest absolute Gasteiger partial charge is 0.454 e. The molecule has 3 atom stereocenters. The van der Waals surface area contributed by atoms with Crippen molar-refractivity contribution in [2.24, 2.45) is 11.8 Å². The van der Waals surface area contributed by atoms with Crippen LogP contribution in [-0.4, -0.2) is 59.5 Å². The summed E-state index contributed by atoms with van der Waals surface area (Å²) in [5, 5.41) is 0.391. The average molecular weight is 489 g/mol. The Morgan fingerprint density at radius 3 is 2.32 bits per heavy atom. The van der Waals surface area contributed by atoms with E-state index in [0.29, 0.717) is 36.3 Å². The molecule has 4 rings (SSSR count). The first-order valence-electron chi connectivity index (χ1n) is 11.8. The van der Waals surface area contributed by atoms with Crippen LogP contribution < -0.4 is 0 Å². The van der Waals surface area contributed by atoms with Gasteiger partial charge in [-0.25, -0.2) is 0 Å². The third-order valence-electron chi connectivity index (χ3n) is 7.50. The van der Waals surface area contributed by atoms with Gasteiger partial charge in [0.15, 0.2) is 12.4 Å². The average Bonchev–Trinajstić information content (AvgIpc) is 3.08. The molecule has 1 heterocycles. The molecule has 1 aromatic carbocycles. The van der Waals surface area contributed by atoms with E-state index in [0.717, 1.165) is 30.6 Å². The van der Waals surface area contributed by atoms with E-state index < -0.39 is 30.6 Å². The normalized spacial score (nSPS) is 26.9. The predicted octanol–water partition coefficient (Wildman–Crippen LogP) is 2.86. The van der Waals surface area contributed by atoms with Crippen LogP contribution in [0.15, 0.2) is 24.3 Å². The number of imide groups is 1. The number of Topliss-reactive ketones (excluding diaryl/α,β-unsaturated/α-hetero) is 1. The third kappa shape index (κ3) is 4.24. The zero-order valence-electron chi connectivity index (χ0n) is 19.3. The molecule has 3 aliphatic rings. The lowest BCUT2D eigenvalue weighted by atomic mass is 9.74. The summed E-state index contributed by atoms with van der Waals surface area (Å²) in [6, 6.07) is 6.95. The summed E-state index contributed by atoms with van der Waals surface area (Å²) in [6.45, 7) is -1.10. The molecule has 0 radical (unpaired) electrons. The number of carbonyl (C=O) groups is 5. The van der Waals surface area contributed by atoms with Crippen molar-refractivity contribution >= 4 is 41.1 Å². The summed E-state index contributed by atoms with van der Waals surface area (Å²) < 4.78 is 5.15. The summed E-state index contributed by atoms with van der Waals surface area (Å²) in [4.78, 5) is 66.1. The lowest BCUT2D eigenvalue weighted by Gasteiger charge is -2.43. The Bertz CT molecular complexity index is 1000. The highest BCUT2D eigenvalue weighted by Crippen LogP contribution is 2.42. The molecule has 2 saturated carbocycles. The standard InChI is InChI=1S/C25H29ClN2O6/c1-27(25(13-7-6-12-20(25)29)18-10-4-5-11-19(18)26)21(30)15-34-22(31)14-28-23(32)16-8-2-3-9-17(16)24(28)33/h4-5,10-11,16-17H,2-3,6-9,12-15H2,1H3/t16-,17-,25-/m1/s1. The number of carbonyl (C=O) groups excluding carboxylic acids is 5. The molecule has 0 N–H and O–H groups in total. The number of likely N-dealkylation sites (N-methyl/N-ethyl adjacent to an activating group) is 1. The van der Waals surface area contributed by atoms with Gasteiger partial charge >= 0.3 is 5.97 Å². The number of benzene rings is 1.